The van der Waals surface area contributed by atoms with Gasteiger partial charge in [-0.05, 0) is 42.9 Å². The Morgan fingerprint density at radius 2 is 1.94 bits per heavy atom. The van der Waals surface area contributed by atoms with E-state index in [-0.39, 0.29) is 5.41 Å². The van der Waals surface area contributed by atoms with E-state index in [1.165, 1.54) is 32.1 Å². The molecule has 1 N–H and O–H groups in total. The predicted octanol–water partition coefficient (Wildman–Crippen LogP) is 4.01. The van der Waals surface area contributed by atoms with Crippen LogP contribution >= 0.6 is 0 Å². The third-order valence-electron chi connectivity index (χ3n) is 4.26. The van der Waals surface area contributed by atoms with Crippen molar-refractivity contribution in [1.82, 2.24) is 0 Å². The summed E-state index contributed by atoms with van der Waals surface area (Å²) < 4.78 is 5.28. The smallest absolute Gasteiger partial charge is 0.119 e. The minimum atomic E-state index is 0.164. The van der Waals surface area contributed by atoms with E-state index in [4.69, 9.17) is 4.74 Å². The Morgan fingerprint density at radius 1 is 1.24 bits per heavy atom. The summed E-state index contributed by atoms with van der Waals surface area (Å²) in [6, 6.07) is 5.61. The molecule has 2 nitrogen and oxygen atoms in total. The first-order valence-electron chi connectivity index (χ1n) is 6.59. The predicted molar refractivity (Wildman–Crippen MR) is 69.7 cm³/mol. The number of phenolic OH excluding ortho intramolecular Hbond substituents is 1. The Kier molecular flexibility index (Phi) is 3.60. The van der Waals surface area contributed by atoms with Crippen LogP contribution in [0.5, 0.6) is 11.5 Å². The van der Waals surface area contributed by atoms with Crippen LogP contribution in [0.25, 0.3) is 0 Å². The topological polar surface area (TPSA) is 29.5 Å². The number of benzene rings is 1. The molecule has 1 aliphatic carbocycles. The van der Waals surface area contributed by atoms with Gasteiger partial charge in [-0.15, -0.1) is 0 Å². The van der Waals surface area contributed by atoms with Gasteiger partial charge in [0.15, 0.2) is 0 Å². The van der Waals surface area contributed by atoms with E-state index in [0.717, 1.165) is 17.7 Å². The number of hydrogen-bond donors (Lipinski definition) is 1. The van der Waals surface area contributed by atoms with E-state index in [0.29, 0.717) is 5.75 Å². The number of aromatic hydroxyl groups is 1. The summed E-state index contributed by atoms with van der Waals surface area (Å²) in [5.41, 5.74) is 1.25. The van der Waals surface area contributed by atoms with E-state index in [1.807, 2.05) is 12.1 Å². The maximum atomic E-state index is 10.1. The van der Waals surface area contributed by atoms with E-state index >= 15 is 0 Å². The highest BCUT2D eigenvalue weighted by Gasteiger charge is 2.34. The van der Waals surface area contributed by atoms with Crippen molar-refractivity contribution in [2.45, 2.75) is 50.9 Å². The number of ether oxygens (including phenoxy) is 1. The quantitative estimate of drug-likeness (QED) is 0.856. The van der Waals surface area contributed by atoms with Crippen LogP contribution in [0.15, 0.2) is 18.2 Å². The van der Waals surface area contributed by atoms with Crippen molar-refractivity contribution in [1.29, 1.82) is 0 Å². The van der Waals surface area contributed by atoms with E-state index in [2.05, 4.69) is 6.92 Å². The molecular formula is C15H22O2. The maximum Gasteiger partial charge on any atom is 0.119 e. The van der Waals surface area contributed by atoms with Crippen molar-refractivity contribution < 1.29 is 9.84 Å². The van der Waals surface area contributed by atoms with Crippen molar-refractivity contribution in [2.24, 2.45) is 0 Å². The lowest BCUT2D eigenvalue weighted by Gasteiger charge is -2.37. The summed E-state index contributed by atoms with van der Waals surface area (Å²) in [6.45, 7) is 2.23. The van der Waals surface area contributed by atoms with E-state index < -0.39 is 0 Å². The molecule has 0 bridgehead atoms. The minimum absolute atomic E-state index is 0.164. The maximum absolute atomic E-state index is 10.1. The molecule has 17 heavy (non-hydrogen) atoms. The van der Waals surface area contributed by atoms with Gasteiger partial charge >= 0.3 is 0 Å². The van der Waals surface area contributed by atoms with Gasteiger partial charge in [0, 0.05) is 5.56 Å². The zero-order valence-corrected chi connectivity index (χ0v) is 10.8. The number of phenols is 1. The molecule has 1 aromatic rings. The SMILES string of the molecule is CCC1(c2cc(OC)ccc2O)CCCCC1. The first kappa shape index (κ1) is 12.3. The van der Waals surface area contributed by atoms with Gasteiger partial charge in [-0.2, -0.15) is 0 Å². The second-order valence-corrected chi connectivity index (χ2v) is 5.08. The van der Waals surface area contributed by atoms with Crippen molar-refractivity contribution in [3.63, 3.8) is 0 Å². The first-order valence-corrected chi connectivity index (χ1v) is 6.59. The van der Waals surface area contributed by atoms with Gasteiger partial charge in [0.1, 0.15) is 11.5 Å². The fourth-order valence-corrected chi connectivity index (χ4v) is 3.11. The zero-order chi connectivity index (χ0) is 12.3. The molecule has 1 aromatic carbocycles. The summed E-state index contributed by atoms with van der Waals surface area (Å²) >= 11 is 0. The van der Waals surface area contributed by atoms with E-state index in [1.54, 1.807) is 13.2 Å². The second kappa shape index (κ2) is 4.99. The molecule has 0 aromatic heterocycles. The van der Waals surface area contributed by atoms with Gasteiger partial charge in [-0.3, -0.25) is 0 Å². The molecule has 2 rings (SSSR count). The standard InChI is InChI=1S/C15H22O2/c1-3-15(9-5-4-6-10-15)13-11-12(17-2)7-8-14(13)16/h7-8,11,16H,3-6,9-10H2,1-2H3. The number of methoxy groups -OCH3 is 1. The van der Waals surface area contributed by atoms with Gasteiger partial charge in [-0.1, -0.05) is 26.2 Å². The van der Waals surface area contributed by atoms with Gasteiger partial charge in [0.2, 0.25) is 0 Å². The van der Waals surface area contributed by atoms with Crippen LogP contribution in [-0.2, 0) is 5.41 Å². The third kappa shape index (κ3) is 2.26. The zero-order valence-electron chi connectivity index (χ0n) is 10.8. The lowest BCUT2D eigenvalue weighted by Crippen LogP contribution is -2.28. The molecule has 0 heterocycles. The van der Waals surface area contributed by atoms with Crippen LogP contribution in [-0.4, -0.2) is 12.2 Å². The highest BCUT2D eigenvalue weighted by atomic mass is 16.5. The van der Waals surface area contributed by atoms with Gasteiger partial charge < -0.3 is 9.84 Å². The van der Waals surface area contributed by atoms with Crippen LogP contribution in [0, 0.1) is 0 Å². The molecule has 0 spiro atoms. The summed E-state index contributed by atoms with van der Waals surface area (Å²) in [5.74, 6) is 1.27. The lowest BCUT2D eigenvalue weighted by molar-refractivity contribution is 0.273. The van der Waals surface area contributed by atoms with Crippen molar-refractivity contribution in [3.8, 4) is 11.5 Å². The molecule has 0 radical (unpaired) electrons. The Labute approximate surface area is 104 Å². The Hall–Kier alpha value is -1.18. The number of hydrogen-bond acceptors (Lipinski definition) is 2. The molecular weight excluding hydrogens is 212 g/mol. The molecule has 0 unspecified atom stereocenters. The largest absolute Gasteiger partial charge is 0.508 e. The molecule has 2 heteroatoms. The fraction of sp³-hybridized carbons (Fsp3) is 0.600. The van der Waals surface area contributed by atoms with Crippen LogP contribution in [0.3, 0.4) is 0 Å². The van der Waals surface area contributed by atoms with Crippen LogP contribution in [0.2, 0.25) is 0 Å². The molecule has 1 saturated carbocycles. The summed E-state index contributed by atoms with van der Waals surface area (Å²) in [7, 11) is 1.68. The average Bonchev–Trinajstić information content (AvgIpc) is 2.40. The third-order valence-corrected chi connectivity index (χ3v) is 4.26. The van der Waals surface area contributed by atoms with Crippen molar-refractivity contribution in [2.75, 3.05) is 7.11 Å². The monoisotopic (exact) mass is 234 g/mol. The van der Waals surface area contributed by atoms with Crippen LogP contribution in [0.4, 0.5) is 0 Å². The molecule has 1 fully saturated rings. The summed E-state index contributed by atoms with van der Waals surface area (Å²) in [4.78, 5) is 0. The molecule has 0 atom stereocenters. The van der Waals surface area contributed by atoms with Gasteiger partial charge in [0.05, 0.1) is 7.11 Å². The highest BCUT2D eigenvalue weighted by Crippen LogP contribution is 2.46. The summed E-state index contributed by atoms with van der Waals surface area (Å²) in [6.07, 6.45) is 7.32. The second-order valence-electron chi connectivity index (χ2n) is 5.08. The molecule has 1 aliphatic rings. The molecule has 0 aliphatic heterocycles. The van der Waals surface area contributed by atoms with Crippen LogP contribution in [0.1, 0.15) is 51.0 Å². The Balaban J connectivity index is 2.41. The fourth-order valence-electron chi connectivity index (χ4n) is 3.11. The molecule has 0 saturated heterocycles. The Morgan fingerprint density at radius 3 is 2.53 bits per heavy atom. The highest BCUT2D eigenvalue weighted by molar-refractivity contribution is 5.44. The van der Waals surface area contributed by atoms with Crippen molar-refractivity contribution in [3.05, 3.63) is 23.8 Å². The molecule has 0 amide bonds. The van der Waals surface area contributed by atoms with Gasteiger partial charge in [-0.25, -0.2) is 0 Å². The van der Waals surface area contributed by atoms with Crippen LogP contribution < -0.4 is 4.74 Å². The average molecular weight is 234 g/mol. The number of rotatable bonds is 3. The van der Waals surface area contributed by atoms with Crippen molar-refractivity contribution >= 4 is 0 Å². The molecule has 94 valence electrons. The summed E-state index contributed by atoms with van der Waals surface area (Å²) in [5, 5.41) is 10.1. The lowest BCUT2D eigenvalue weighted by atomic mass is 9.67. The van der Waals surface area contributed by atoms with Gasteiger partial charge in [0.25, 0.3) is 0 Å². The Bertz CT molecular complexity index is 379. The van der Waals surface area contributed by atoms with E-state index in [9.17, 15) is 5.11 Å². The minimum Gasteiger partial charge on any atom is -0.508 e. The normalized spacial score (nSPS) is 18.9. The first-order chi connectivity index (χ1) is 8.22.